The number of aromatic nitrogens is 1. The monoisotopic (exact) mass is 628 g/mol. The van der Waals surface area contributed by atoms with Crippen LogP contribution < -0.4 is 4.90 Å². The van der Waals surface area contributed by atoms with Gasteiger partial charge in [0.15, 0.2) is 5.58 Å². The maximum Gasteiger partial charge on any atom is 0.227 e. The van der Waals surface area contributed by atoms with Crippen LogP contribution in [-0.4, -0.2) is 4.98 Å². The van der Waals surface area contributed by atoms with Crippen LogP contribution in [0.4, 0.5) is 17.1 Å². The van der Waals surface area contributed by atoms with Gasteiger partial charge in [0.1, 0.15) is 16.7 Å². The first kappa shape index (κ1) is 27.5. The molecule has 0 bridgehead atoms. The summed E-state index contributed by atoms with van der Waals surface area (Å²) in [5.41, 5.74) is 9.80. The van der Waals surface area contributed by atoms with Crippen LogP contribution in [0.15, 0.2) is 179 Å². The van der Waals surface area contributed by atoms with Crippen LogP contribution in [0.3, 0.4) is 0 Å². The fourth-order valence-electron chi connectivity index (χ4n) is 7.16. The van der Waals surface area contributed by atoms with Crippen molar-refractivity contribution in [2.75, 3.05) is 4.90 Å². The number of rotatable bonds is 5. The van der Waals surface area contributed by atoms with E-state index in [4.69, 9.17) is 13.8 Å². The van der Waals surface area contributed by atoms with E-state index in [0.717, 1.165) is 77.2 Å². The molecule has 0 spiro atoms. The average molecular weight is 629 g/mol. The molecule has 0 aliphatic heterocycles. The SMILES string of the molecule is c1ccc(-c2ccc(N(c3ccc4ccc5ccc6nc(-c7ccccc7)oc6c5c4c3)c3cccc4oc5ccccc5c34)cc2)cc1. The van der Waals surface area contributed by atoms with E-state index in [1.54, 1.807) is 0 Å². The van der Waals surface area contributed by atoms with Gasteiger partial charge in [0.25, 0.3) is 0 Å². The molecule has 0 saturated carbocycles. The summed E-state index contributed by atoms with van der Waals surface area (Å²) in [7, 11) is 0. The zero-order chi connectivity index (χ0) is 32.3. The van der Waals surface area contributed by atoms with Crippen molar-refractivity contribution in [3.63, 3.8) is 0 Å². The molecule has 2 heterocycles. The van der Waals surface area contributed by atoms with Crippen molar-refractivity contribution >= 4 is 71.6 Å². The lowest BCUT2D eigenvalue weighted by atomic mass is 9.99. The van der Waals surface area contributed by atoms with Crippen molar-refractivity contribution < 1.29 is 8.83 Å². The van der Waals surface area contributed by atoms with Gasteiger partial charge in [-0.1, -0.05) is 109 Å². The lowest BCUT2D eigenvalue weighted by Crippen LogP contribution is -2.10. The van der Waals surface area contributed by atoms with Crippen molar-refractivity contribution in [3.05, 3.63) is 170 Å². The first-order valence-electron chi connectivity index (χ1n) is 16.5. The Kier molecular flexibility index (Phi) is 6.15. The highest BCUT2D eigenvalue weighted by atomic mass is 16.3. The fourth-order valence-corrected chi connectivity index (χ4v) is 7.16. The van der Waals surface area contributed by atoms with Gasteiger partial charge < -0.3 is 13.7 Å². The molecule has 0 amide bonds. The molecule has 4 heteroatoms. The molecule has 2 aromatic heterocycles. The maximum atomic E-state index is 6.56. The van der Waals surface area contributed by atoms with Crippen LogP contribution in [0.2, 0.25) is 0 Å². The van der Waals surface area contributed by atoms with Gasteiger partial charge in [-0.2, -0.15) is 0 Å². The van der Waals surface area contributed by atoms with Crippen molar-refractivity contribution in [2.45, 2.75) is 0 Å². The first-order chi connectivity index (χ1) is 24.3. The van der Waals surface area contributed by atoms with Gasteiger partial charge in [-0.05, 0) is 87.9 Å². The van der Waals surface area contributed by atoms with Crippen LogP contribution in [0, 0.1) is 0 Å². The first-order valence-corrected chi connectivity index (χ1v) is 16.5. The Balaban J connectivity index is 1.23. The largest absolute Gasteiger partial charge is 0.456 e. The summed E-state index contributed by atoms with van der Waals surface area (Å²) in [4.78, 5) is 7.24. The van der Waals surface area contributed by atoms with E-state index in [0.29, 0.717) is 5.89 Å². The normalized spacial score (nSPS) is 11.7. The number of oxazole rings is 1. The molecule has 0 unspecified atom stereocenters. The highest BCUT2D eigenvalue weighted by Crippen LogP contribution is 2.45. The molecular weight excluding hydrogens is 601 g/mol. The predicted octanol–water partition coefficient (Wildman–Crippen LogP) is 12.8. The lowest BCUT2D eigenvalue weighted by Gasteiger charge is -2.27. The van der Waals surface area contributed by atoms with Gasteiger partial charge in [-0.3, -0.25) is 0 Å². The maximum absolute atomic E-state index is 6.56. The molecule has 49 heavy (non-hydrogen) atoms. The number of furan rings is 1. The van der Waals surface area contributed by atoms with E-state index in [1.807, 2.05) is 54.6 Å². The topological polar surface area (TPSA) is 42.4 Å². The van der Waals surface area contributed by atoms with Crippen molar-refractivity contribution in [3.8, 4) is 22.6 Å². The van der Waals surface area contributed by atoms with Gasteiger partial charge >= 0.3 is 0 Å². The van der Waals surface area contributed by atoms with E-state index >= 15 is 0 Å². The molecule has 230 valence electrons. The molecule has 10 aromatic rings. The second-order valence-corrected chi connectivity index (χ2v) is 12.4. The van der Waals surface area contributed by atoms with Gasteiger partial charge in [0.2, 0.25) is 5.89 Å². The molecule has 0 radical (unpaired) electrons. The third-order valence-corrected chi connectivity index (χ3v) is 9.47. The summed E-state index contributed by atoms with van der Waals surface area (Å²) in [6, 6.07) is 59.2. The summed E-state index contributed by atoms with van der Waals surface area (Å²) in [6.45, 7) is 0. The number of benzene rings is 8. The van der Waals surface area contributed by atoms with Gasteiger partial charge in [-0.15, -0.1) is 0 Å². The van der Waals surface area contributed by atoms with Gasteiger partial charge in [0.05, 0.1) is 11.1 Å². The Morgan fingerprint density at radius 2 is 1.08 bits per heavy atom. The summed E-state index contributed by atoms with van der Waals surface area (Å²) in [5.74, 6) is 0.620. The highest BCUT2D eigenvalue weighted by Gasteiger charge is 2.21. The molecule has 0 saturated heterocycles. The van der Waals surface area contributed by atoms with Crippen molar-refractivity contribution in [1.29, 1.82) is 0 Å². The summed E-state index contributed by atoms with van der Waals surface area (Å²) in [5, 5.41) is 6.56. The minimum absolute atomic E-state index is 0.620. The van der Waals surface area contributed by atoms with Crippen LogP contribution in [0.1, 0.15) is 0 Å². The number of hydrogen-bond donors (Lipinski definition) is 0. The van der Waals surface area contributed by atoms with E-state index in [9.17, 15) is 0 Å². The smallest absolute Gasteiger partial charge is 0.227 e. The molecule has 8 aromatic carbocycles. The Hall–Kier alpha value is -6.65. The van der Waals surface area contributed by atoms with E-state index < -0.39 is 0 Å². The minimum atomic E-state index is 0.620. The number of fused-ring (bicyclic) bond motifs is 8. The van der Waals surface area contributed by atoms with Crippen LogP contribution in [0.5, 0.6) is 0 Å². The number of anilines is 3. The Labute approximate surface area is 282 Å². The van der Waals surface area contributed by atoms with Crippen LogP contribution in [0.25, 0.3) is 77.2 Å². The van der Waals surface area contributed by atoms with Crippen LogP contribution in [-0.2, 0) is 0 Å². The molecule has 4 nitrogen and oxygen atoms in total. The fraction of sp³-hybridized carbons (Fsp3) is 0. The number of hydrogen-bond acceptors (Lipinski definition) is 4. The molecule has 0 aliphatic carbocycles. The molecule has 0 fully saturated rings. The third-order valence-electron chi connectivity index (χ3n) is 9.47. The highest BCUT2D eigenvalue weighted by molar-refractivity contribution is 6.19. The Bertz CT molecular complexity index is 2820. The lowest BCUT2D eigenvalue weighted by molar-refractivity contribution is 0.623. The standard InChI is InChI=1S/C45H28N2O2/c1-3-10-29(11-4-1)30-20-24-34(25-21-30)47(39-15-9-17-41-43(39)36-14-7-8-16-40(36)48-41)35-26-22-31-18-19-32-23-27-38-44(42(32)37(31)28-35)49-45(46-38)33-12-5-2-6-13-33/h1-28H. The number of nitrogens with zero attached hydrogens (tertiary/aromatic N) is 2. The summed E-state index contributed by atoms with van der Waals surface area (Å²) in [6.07, 6.45) is 0. The Morgan fingerprint density at radius 3 is 1.92 bits per heavy atom. The Morgan fingerprint density at radius 1 is 0.429 bits per heavy atom. The van der Waals surface area contributed by atoms with E-state index in [2.05, 4.69) is 120 Å². The molecule has 10 rings (SSSR count). The minimum Gasteiger partial charge on any atom is -0.456 e. The van der Waals surface area contributed by atoms with Gasteiger partial charge in [-0.25, -0.2) is 4.98 Å². The van der Waals surface area contributed by atoms with E-state index in [1.165, 1.54) is 11.1 Å². The summed E-state index contributed by atoms with van der Waals surface area (Å²) >= 11 is 0. The quantitative estimate of drug-likeness (QED) is 0.178. The van der Waals surface area contributed by atoms with Gasteiger partial charge in [0, 0.05) is 27.7 Å². The second-order valence-electron chi connectivity index (χ2n) is 12.4. The molecular formula is C45H28N2O2. The zero-order valence-electron chi connectivity index (χ0n) is 26.4. The average Bonchev–Trinajstić information content (AvgIpc) is 3.78. The van der Waals surface area contributed by atoms with Crippen LogP contribution >= 0.6 is 0 Å². The molecule has 0 N–H and O–H groups in total. The molecule has 0 aliphatic rings. The zero-order valence-corrected chi connectivity index (χ0v) is 26.4. The summed E-state index contributed by atoms with van der Waals surface area (Å²) < 4.78 is 12.9. The second kappa shape index (κ2) is 11.0. The number of para-hydroxylation sites is 1. The predicted molar refractivity (Wildman–Crippen MR) is 202 cm³/mol. The van der Waals surface area contributed by atoms with E-state index in [-0.39, 0.29) is 0 Å². The van der Waals surface area contributed by atoms with Crippen molar-refractivity contribution in [2.24, 2.45) is 0 Å². The molecule has 0 atom stereocenters. The van der Waals surface area contributed by atoms with Crippen molar-refractivity contribution in [1.82, 2.24) is 4.98 Å². The third kappa shape index (κ3) is 4.49.